The zero-order valence-corrected chi connectivity index (χ0v) is 16.9. The van der Waals surface area contributed by atoms with Gasteiger partial charge in [-0.05, 0) is 38.8 Å². The molecule has 0 spiro atoms. The molecule has 2 unspecified atom stereocenters. The van der Waals surface area contributed by atoms with E-state index in [4.69, 9.17) is 14.2 Å². The standard InChI is InChI=1S/C21H30N2O5/c1-15-12-22(13-16(2)28-15)20(24)10-11-23(17-8-9-17)21(25)14-27-19-7-5-4-6-18(19)26-3/h4-7,15-17H,8-14H2,1-3H3. The quantitative estimate of drug-likeness (QED) is 0.680. The number of rotatable bonds is 8. The molecular weight excluding hydrogens is 360 g/mol. The number of benzene rings is 1. The van der Waals surface area contributed by atoms with Gasteiger partial charge in [0.2, 0.25) is 5.91 Å². The Bertz CT molecular complexity index is 681. The second kappa shape index (κ2) is 9.28. The second-order valence-electron chi connectivity index (χ2n) is 7.56. The number of hydrogen-bond acceptors (Lipinski definition) is 5. The van der Waals surface area contributed by atoms with Crippen molar-refractivity contribution in [1.82, 2.24) is 9.80 Å². The lowest BCUT2D eigenvalue weighted by molar-refractivity contribution is -0.144. The smallest absolute Gasteiger partial charge is 0.260 e. The summed E-state index contributed by atoms with van der Waals surface area (Å²) in [5.74, 6) is 1.12. The van der Waals surface area contributed by atoms with Crippen LogP contribution in [0, 0.1) is 0 Å². The Morgan fingerprint density at radius 1 is 1.14 bits per heavy atom. The molecule has 2 aliphatic rings. The molecule has 1 saturated carbocycles. The fraction of sp³-hybridized carbons (Fsp3) is 0.619. The fourth-order valence-electron chi connectivity index (χ4n) is 3.61. The molecule has 0 N–H and O–H groups in total. The number of methoxy groups -OCH3 is 1. The van der Waals surface area contributed by atoms with Gasteiger partial charge in [-0.1, -0.05) is 12.1 Å². The molecule has 1 saturated heterocycles. The molecule has 3 rings (SSSR count). The van der Waals surface area contributed by atoms with Gasteiger partial charge < -0.3 is 24.0 Å². The van der Waals surface area contributed by atoms with Gasteiger partial charge in [0.05, 0.1) is 19.3 Å². The van der Waals surface area contributed by atoms with Crippen LogP contribution >= 0.6 is 0 Å². The van der Waals surface area contributed by atoms with Gasteiger partial charge in [0.15, 0.2) is 18.1 Å². The molecule has 1 heterocycles. The Morgan fingerprint density at radius 2 is 1.79 bits per heavy atom. The van der Waals surface area contributed by atoms with E-state index >= 15 is 0 Å². The first-order valence-electron chi connectivity index (χ1n) is 9.96. The molecule has 1 aromatic rings. The number of morpholine rings is 1. The van der Waals surface area contributed by atoms with Crippen molar-refractivity contribution >= 4 is 11.8 Å². The van der Waals surface area contributed by atoms with E-state index in [1.807, 2.05) is 30.9 Å². The molecule has 1 aliphatic carbocycles. The number of amides is 2. The van der Waals surface area contributed by atoms with Crippen LogP contribution in [0.25, 0.3) is 0 Å². The molecule has 28 heavy (non-hydrogen) atoms. The van der Waals surface area contributed by atoms with Crippen LogP contribution < -0.4 is 9.47 Å². The maximum Gasteiger partial charge on any atom is 0.260 e. The van der Waals surface area contributed by atoms with E-state index < -0.39 is 0 Å². The van der Waals surface area contributed by atoms with Gasteiger partial charge in [0.25, 0.3) is 5.91 Å². The Labute approximate surface area is 166 Å². The second-order valence-corrected chi connectivity index (χ2v) is 7.56. The highest BCUT2D eigenvalue weighted by atomic mass is 16.5. The number of hydrogen-bond donors (Lipinski definition) is 0. The highest BCUT2D eigenvalue weighted by molar-refractivity contribution is 5.80. The van der Waals surface area contributed by atoms with Gasteiger partial charge in [-0.2, -0.15) is 0 Å². The van der Waals surface area contributed by atoms with E-state index in [9.17, 15) is 9.59 Å². The first-order valence-corrected chi connectivity index (χ1v) is 9.96. The molecular formula is C21H30N2O5. The van der Waals surface area contributed by atoms with Crippen LogP contribution in [0.3, 0.4) is 0 Å². The van der Waals surface area contributed by atoms with Crippen molar-refractivity contribution < 1.29 is 23.8 Å². The Balaban J connectivity index is 1.52. The minimum absolute atomic E-state index is 0.0446. The molecule has 1 aromatic carbocycles. The molecule has 2 fully saturated rings. The molecule has 7 heteroatoms. The zero-order chi connectivity index (χ0) is 20.1. The third-order valence-electron chi connectivity index (χ3n) is 5.07. The summed E-state index contributed by atoms with van der Waals surface area (Å²) in [5, 5.41) is 0. The average molecular weight is 390 g/mol. The van der Waals surface area contributed by atoms with Crippen LogP contribution in [0.15, 0.2) is 24.3 Å². The van der Waals surface area contributed by atoms with E-state index in [-0.39, 0.29) is 36.7 Å². The van der Waals surface area contributed by atoms with Crippen molar-refractivity contribution in [3.8, 4) is 11.5 Å². The predicted molar refractivity (Wildman–Crippen MR) is 104 cm³/mol. The average Bonchev–Trinajstić information content (AvgIpc) is 3.51. The van der Waals surface area contributed by atoms with Crippen molar-refractivity contribution in [1.29, 1.82) is 0 Å². The number of nitrogens with zero attached hydrogens (tertiary/aromatic N) is 2. The summed E-state index contributed by atoms with van der Waals surface area (Å²) >= 11 is 0. The summed E-state index contributed by atoms with van der Waals surface area (Å²) in [4.78, 5) is 29.0. The molecule has 2 atom stereocenters. The van der Waals surface area contributed by atoms with Crippen molar-refractivity contribution in [2.24, 2.45) is 0 Å². The summed E-state index contributed by atoms with van der Waals surface area (Å²) < 4.78 is 16.6. The SMILES string of the molecule is COc1ccccc1OCC(=O)N(CCC(=O)N1CC(C)OC(C)C1)C1CC1. The van der Waals surface area contributed by atoms with Gasteiger partial charge in [-0.3, -0.25) is 9.59 Å². The lowest BCUT2D eigenvalue weighted by Crippen LogP contribution is -2.49. The van der Waals surface area contributed by atoms with E-state index in [1.54, 1.807) is 24.1 Å². The highest BCUT2D eigenvalue weighted by Gasteiger charge is 2.34. The van der Waals surface area contributed by atoms with Crippen molar-refractivity contribution in [3.05, 3.63) is 24.3 Å². The predicted octanol–water partition coefficient (Wildman–Crippen LogP) is 2.09. The Kier molecular flexibility index (Phi) is 6.78. The number of para-hydroxylation sites is 2. The first-order chi connectivity index (χ1) is 13.5. The number of carbonyl (C=O) groups excluding carboxylic acids is 2. The Morgan fingerprint density at radius 3 is 2.39 bits per heavy atom. The highest BCUT2D eigenvalue weighted by Crippen LogP contribution is 2.29. The lowest BCUT2D eigenvalue weighted by atomic mass is 10.2. The van der Waals surface area contributed by atoms with E-state index in [0.29, 0.717) is 37.6 Å². The third-order valence-corrected chi connectivity index (χ3v) is 5.07. The monoisotopic (exact) mass is 390 g/mol. The third kappa shape index (κ3) is 5.38. The van der Waals surface area contributed by atoms with Crippen LogP contribution in [0.4, 0.5) is 0 Å². The van der Waals surface area contributed by atoms with E-state index in [0.717, 1.165) is 12.8 Å². The largest absolute Gasteiger partial charge is 0.493 e. The van der Waals surface area contributed by atoms with E-state index in [1.165, 1.54) is 0 Å². The maximum atomic E-state index is 12.7. The topological polar surface area (TPSA) is 68.3 Å². The van der Waals surface area contributed by atoms with Crippen molar-refractivity contribution in [3.63, 3.8) is 0 Å². The van der Waals surface area contributed by atoms with Crippen LogP contribution in [0.5, 0.6) is 11.5 Å². The maximum absolute atomic E-state index is 12.7. The van der Waals surface area contributed by atoms with Gasteiger partial charge in [0, 0.05) is 32.1 Å². The van der Waals surface area contributed by atoms with Crippen molar-refractivity contribution in [2.45, 2.75) is 51.4 Å². The van der Waals surface area contributed by atoms with Crippen LogP contribution in [-0.2, 0) is 14.3 Å². The summed E-state index contributed by atoms with van der Waals surface area (Å²) in [7, 11) is 1.57. The normalized spacial score (nSPS) is 21.9. The van der Waals surface area contributed by atoms with Gasteiger partial charge >= 0.3 is 0 Å². The summed E-state index contributed by atoms with van der Waals surface area (Å²) in [6, 6.07) is 7.48. The number of carbonyl (C=O) groups is 2. The molecule has 0 bridgehead atoms. The van der Waals surface area contributed by atoms with Gasteiger partial charge in [0.1, 0.15) is 0 Å². The minimum Gasteiger partial charge on any atom is -0.493 e. The van der Waals surface area contributed by atoms with Gasteiger partial charge in [-0.15, -0.1) is 0 Å². The van der Waals surface area contributed by atoms with Crippen molar-refractivity contribution in [2.75, 3.05) is 33.4 Å². The summed E-state index contributed by atoms with van der Waals surface area (Å²) in [5.41, 5.74) is 0. The molecule has 0 radical (unpaired) electrons. The van der Waals surface area contributed by atoms with E-state index in [2.05, 4.69) is 0 Å². The lowest BCUT2D eigenvalue weighted by Gasteiger charge is -2.35. The van der Waals surface area contributed by atoms with Crippen LogP contribution in [0.1, 0.15) is 33.1 Å². The molecule has 1 aliphatic heterocycles. The number of ether oxygens (including phenoxy) is 3. The van der Waals surface area contributed by atoms with Crippen LogP contribution in [0.2, 0.25) is 0 Å². The molecule has 7 nitrogen and oxygen atoms in total. The Hall–Kier alpha value is -2.28. The minimum atomic E-state index is -0.0927. The fourth-order valence-corrected chi connectivity index (χ4v) is 3.61. The zero-order valence-electron chi connectivity index (χ0n) is 16.9. The summed E-state index contributed by atoms with van der Waals surface area (Å²) in [6.07, 6.45) is 2.39. The van der Waals surface area contributed by atoms with Gasteiger partial charge in [-0.25, -0.2) is 0 Å². The molecule has 154 valence electrons. The first kappa shape index (κ1) is 20.5. The van der Waals surface area contributed by atoms with Crippen LogP contribution in [-0.4, -0.2) is 73.2 Å². The molecule has 0 aromatic heterocycles. The molecule has 2 amide bonds. The summed E-state index contributed by atoms with van der Waals surface area (Å²) in [6.45, 7) is 5.54.